The van der Waals surface area contributed by atoms with Gasteiger partial charge in [-0.25, -0.2) is 4.79 Å². The maximum absolute atomic E-state index is 12.4. The second kappa shape index (κ2) is 6.39. The lowest BCUT2D eigenvalue weighted by atomic mass is 10.1. The molecule has 0 saturated carbocycles. The van der Waals surface area contributed by atoms with Gasteiger partial charge in [0.25, 0.3) is 11.8 Å². The average molecular weight is 337 g/mol. The van der Waals surface area contributed by atoms with Crippen molar-refractivity contribution in [2.75, 3.05) is 17.3 Å². The third kappa shape index (κ3) is 2.98. The van der Waals surface area contributed by atoms with Gasteiger partial charge in [-0.05, 0) is 44.2 Å². The molecule has 128 valence electrons. The van der Waals surface area contributed by atoms with Gasteiger partial charge in [-0.2, -0.15) is 0 Å². The number of hydrogen-bond acceptors (Lipinski definition) is 3. The van der Waals surface area contributed by atoms with Crippen LogP contribution in [0.5, 0.6) is 0 Å². The van der Waals surface area contributed by atoms with Crippen molar-refractivity contribution in [1.29, 1.82) is 0 Å². The number of rotatable bonds is 3. The molecule has 6 heteroatoms. The molecule has 4 amide bonds. The molecule has 25 heavy (non-hydrogen) atoms. The molecule has 3 rings (SSSR count). The lowest BCUT2D eigenvalue weighted by Gasteiger charge is -2.18. The van der Waals surface area contributed by atoms with Gasteiger partial charge in [0, 0.05) is 24.5 Å². The first-order chi connectivity index (χ1) is 11.9. The fraction of sp³-hybridized carbons (Fsp3) is 0.211. The Morgan fingerprint density at radius 2 is 1.64 bits per heavy atom. The van der Waals surface area contributed by atoms with Crippen molar-refractivity contribution < 1.29 is 14.4 Å². The number of nitrogens with zero attached hydrogens (tertiary/aromatic N) is 2. The molecule has 0 aromatic heterocycles. The number of imide groups is 1. The van der Waals surface area contributed by atoms with Crippen LogP contribution in [0.2, 0.25) is 0 Å². The van der Waals surface area contributed by atoms with Crippen LogP contribution in [0.4, 0.5) is 16.2 Å². The summed E-state index contributed by atoms with van der Waals surface area (Å²) >= 11 is 0. The molecule has 0 radical (unpaired) electrons. The van der Waals surface area contributed by atoms with Crippen molar-refractivity contribution in [1.82, 2.24) is 4.90 Å². The van der Waals surface area contributed by atoms with Crippen LogP contribution in [0.1, 0.15) is 34.6 Å². The van der Waals surface area contributed by atoms with E-state index in [1.807, 2.05) is 30.3 Å². The van der Waals surface area contributed by atoms with Crippen LogP contribution < -0.4 is 10.2 Å². The maximum atomic E-state index is 12.4. The highest BCUT2D eigenvalue weighted by Crippen LogP contribution is 2.27. The summed E-state index contributed by atoms with van der Waals surface area (Å²) in [6.07, 6.45) is 0. The first-order valence-corrected chi connectivity index (χ1v) is 8.02. The number of urea groups is 1. The summed E-state index contributed by atoms with van der Waals surface area (Å²) in [5, 5.41) is 2.75. The van der Waals surface area contributed by atoms with Crippen LogP contribution in [0.25, 0.3) is 0 Å². The zero-order valence-corrected chi connectivity index (χ0v) is 14.3. The number of para-hydroxylation sites is 1. The van der Waals surface area contributed by atoms with E-state index in [2.05, 4.69) is 5.32 Å². The molecule has 6 nitrogen and oxygen atoms in total. The van der Waals surface area contributed by atoms with E-state index in [9.17, 15) is 14.4 Å². The van der Waals surface area contributed by atoms with Crippen molar-refractivity contribution in [2.45, 2.75) is 19.9 Å². The summed E-state index contributed by atoms with van der Waals surface area (Å²) in [7, 11) is 1.66. The number of benzene rings is 2. The molecule has 2 aromatic carbocycles. The summed E-state index contributed by atoms with van der Waals surface area (Å²) in [6, 6.07) is 13.4. The summed E-state index contributed by atoms with van der Waals surface area (Å²) < 4.78 is 0. The molecule has 0 spiro atoms. The van der Waals surface area contributed by atoms with Crippen molar-refractivity contribution in [3.05, 3.63) is 59.7 Å². The predicted molar refractivity (Wildman–Crippen MR) is 95.9 cm³/mol. The lowest BCUT2D eigenvalue weighted by Crippen LogP contribution is -2.35. The Kier molecular flexibility index (Phi) is 4.27. The summed E-state index contributed by atoms with van der Waals surface area (Å²) in [5.74, 6) is -0.628. The number of nitrogens with one attached hydrogen (secondary N) is 1. The largest absolute Gasteiger partial charge is 0.326 e. The van der Waals surface area contributed by atoms with Gasteiger partial charge < -0.3 is 5.32 Å². The third-order valence-corrected chi connectivity index (χ3v) is 4.13. The average Bonchev–Trinajstić information content (AvgIpc) is 2.85. The molecule has 1 aliphatic heterocycles. The van der Waals surface area contributed by atoms with Crippen molar-refractivity contribution in [2.24, 2.45) is 0 Å². The van der Waals surface area contributed by atoms with Gasteiger partial charge >= 0.3 is 6.03 Å². The maximum Gasteiger partial charge on any atom is 0.326 e. The minimum Gasteiger partial charge on any atom is -0.308 e. The first-order valence-electron chi connectivity index (χ1n) is 8.02. The number of anilines is 2. The zero-order valence-electron chi connectivity index (χ0n) is 14.3. The number of hydrogen-bond donors (Lipinski definition) is 1. The molecule has 2 aromatic rings. The Balaban J connectivity index is 1.81. The van der Waals surface area contributed by atoms with Gasteiger partial charge in [0.1, 0.15) is 0 Å². The monoisotopic (exact) mass is 337 g/mol. The molecule has 0 aliphatic carbocycles. The quantitative estimate of drug-likeness (QED) is 0.873. The number of carbonyl (C=O) groups is 3. The van der Waals surface area contributed by atoms with Crippen LogP contribution in [0.15, 0.2) is 48.5 Å². The van der Waals surface area contributed by atoms with E-state index in [1.54, 1.807) is 39.1 Å². The van der Waals surface area contributed by atoms with Gasteiger partial charge in [-0.15, -0.1) is 0 Å². The number of amides is 4. The van der Waals surface area contributed by atoms with Gasteiger partial charge in [0.05, 0.1) is 11.1 Å². The van der Waals surface area contributed by atoms with Gasteiger partial charge in [0.15, 0.2) is 0 Å². The molecule has 1 N–H and O–H groups in total. The lowest BCUT2D eigenvalue weighted by molar-refractivity contribution is 0.0609. The molecule has 1 aliphatic rings. The van der Waals surface area contributed by atoms with Crippen LogP contribution >= 0.6 is 0 Å². The highest BCUT2D eigenvalue weighted by molar-refractivity contribution is 6.22. The van der Waals surface area contributed by atoms with Crippen molar-refractivity contribution in [3.8, 4) is 0 Å². The van der Waals surface area contributed by atoms with Crippen molar-refractivity contribution >= 4 is 29.2 Å². The molecule has 0 bridgehead atoms. The fourth-order valence-corrected chi connectivity index (χ4v) is 2.78. The van der Waals surface area contributed by atoms with Crippen LogP contribution in [-0.2, 0) is 0 Å². The van der Waals surface area contributed by atoms with Gasteiger partial charge in [-0.1, -0.05) is 18.2 Å². The minimum atomic E-state index is -0.331. The number of carbonyl (C=O) groups excluding carboxylic acids is 3. The Bertz CT molecular complexity index is 846. The molecule has 0 unspecified atom stereocenters. The van der Waals surface area contributed by atoms with E-state index in [-0.39, 0.29) is 23.9 Å². The minimum absolute atomic E-state index is 0.213. The Morgan fingerprint density at radius 3 is 2.28 bits per heavy atom. The van der Waals surface area contributed by atoms with E-state index >= 15 is 0 Å². The zero-order chi connectivity index (χ0) is 18.1. The SMILES string of the molecule is CC(C)N1C(=O)c2ccc(NC(=O)N(C)c3ccccc3)cc2C1=O. The van der Waals surface area contributed by atoms with E-state index in [4.69, 9.17) is 0 Å². The normalized spacial score (nSPS) is 13.2. The molecule has 0 fully saturated rings. The van der Waals surface area contributed by atoms with Crippen LogP contribution in [-0.4, -0.2) is 35.8 Å². The first kappa shape index (κ1) is 16.7. The molecular formula is C19H19N3O3. The second-order valence-electron chi connectivity index (χ2n) is 6.16. The molecule has 0 atom stereocenters. The summed E-state index contributed by atoms with van der Waals surface area (Å²) in [4.78, 5) is 39.8. The van der Waals surface area contributed by atoms with Gasteiger partial charge in [0.2, 0.25) is 0 Å². The molecule has 1 heterocycles. The van der Waals surface area contributed by atoms with E-state index in [0.29, 0.717) is 16.8 Å². The Morgan fingerprint density at radius 1 is 1.00 bits per heavy atom. The van der Waals surface area contributed by atoms with Crippen LogP contribution in [0.3, 0.4) is 0 Å². The predicted octanol–water partition coefficient (Wildman–Crippen LogP) is 3.36. The molecule has 0 saturated heterocycles. The smallest absolute Gasteiger partial charge is 0.308 e. The highest BCUT2D eigenvalue weighted by atomic mass is 16.2. The van der Waals surface area contributed by atoms with Crippen LogP contribution in [0, 0.1) is 0 Å². The van der Waals surface area contributed by atoms with Gasteiger partial charge in [-0.3, -0.25) is 19.4 Å². The van der Waals surface area contributed by atoms with Crippen molar-refractivity contribution in [3.63, 3.8) is 0 Å². The topological polar surface area (TPSA) is 69.7 Å². The Labute approximate surface area is 146 Å². The molecular weight excluding hydrogens is 318 g/mol. The van der Waals surface area contributed by atoms with E-state index < -0.39 is 0 Å². The fourth-order valence-electron chi connectivity index (χ4n) is 2.78. The van der Waals surface area contributed by atoms with E-state index in [0.717, 1.165) is 5.69 Å². The Hall–Kier alpha value is -3.15. The van der Waals surface area contributed by atoms with E-state index in [1.165, 1.54) is 9.80 Å². The standard InChI is InChI=1S/C19H19N3O3/c1-12(2)22-17(23)15-10-9-13(11-16(15)18(22)24)20-19(25)21(3)14-7-5-4-6-8-14/h4-12H,1-3H3,(H,20,25). The third-order valence-electron chi connectivity index (χ3n) is 4.13. The number of fused-ring (bicyclic) bond motifs is 1. The summed E-state index contributed by atoms with van der Waals surface area (Å²) in [5.41, 5.74) is 1.91. The summed E-state index contributed by atoms with van der Waals surface area (Å²) in [6.45, 7) is 3.58. The second-order valence-corrected chi connectivity index (χ2v) is 6.16. The highest BCUT2D eigenvalue weighted by Gasteiger charge is 2.37.